The van der Waals surface area contributed by atoms with Crippen LogP contribution < -0.4 is 5.73 Å². The Morgan fingerprint density at radius 1 is 1.42 bits per heavy atom. The molecule has 1 fully saturated rings. The summed E-state index contributed by atoms with van der Waals surface area (Å²) in [7, 11) is 4.04. The molecule has 0 spiro atoms. The molecule has 4 heteroatoms. The van der Waals surface area contributed by atoms with Crippen molar-refractivity contribution in [2.75, 3.05) is 27.2 Å². The lowest BCUT2D eigenvalue weighted by Gasteiger charge is -2.34. The maximum Gasteiger partial charge on any atom is 0.220 e. The van der Waals surface area contributed by atoms with Crippen molar-refractivity contribution in [3.05, 3.63) is 0 Å². The Balaban J connectivity index is 2.34. The fourth-order valence-electron chi connectivity index (χ4n) is 1.55. The molecule has 0 aromatic rings. The van der Waals surface area contributed by atoms with Crippen LogP contribution in [0.15, 0.2) is 0 Å². The SMILES string of the molecule is CN(C)N1CCC(C(N)=O)CC1. The van der Waals surface area contributed by atoms with Gasteiger partial charge in [-0.05, 0) is 12.8 Å². The Labute approximate surface area is 73.3 Å². The van der Waals surface area contributed by atoms with Crippen molar-refractivity contribution in [3.8, 4) is 0 Å². The maximum absolute atomic E-state index is 10.8. The Morgan fingerprint density at radius 3 is 2.25 bits per heavy atom. The van der Waals surface area contributed by atoms with Gasteiger partial charge in [0.25, 0.3) is 0 Å². The van der Waals surface area contributed by atoms with Gasteiger partial charge >= 0.3 is 0 Å². The van der Waals surface area contributed by atoms with Crippen molar-refractivity contribution in [2.24, 2.45) is 11.7 Å². The van der Waals surface area contributed by atoms with Gasteiger partial charge in [0.05, 0.1) is 0 Å². The number of hydrogen-bond acceptors (Lipinski definition) is 3. The lowest BCUT2D eigenvalue weighted by Crippen LogP contribution is -2.45. The van der Waals surface area contributed by atoms with Crippen molar-refractivity contribution in [1.82, 2.24) is 10.0 Å². The van der Waals surface area contributed by atoms with Crippen LogP contribution in [0.5, 0.6) is 0 Å². The molecule has 1 amide bonds. The molecule has 1 aliphatic rings. The number of rotatable bonds is 2. The van der Waals surface area contributed by atoms with Crippen molar-refractivity contribution < 1.29 is 4.79 Å². The van der Waals surface area contributed by atoms with Gasteiger partial charge in [0.2, 0.25) is 5.91 Å². The van der Waals surface area contributed by atoms with Gasteiger partial charge in [0.1, 0.15) is 0 Å². The summed E-state index contributed by atoms with van der Waals surface area (Å²) in [6.45, 7) is 1.89. The van der Waals surface area contributed by atoms with Crippen molar-refractivity contribution in [2.45, 2.75) is 12.8 Å². The molecule has 1 saturated heterocycles. The lowest BCUT2D eigenvalue weighted by molar-refractivity contribution is -0.124. The molecule has 0 saturated carbocycles. The third kappa shape index (κ3) is 2.19. The van der Waals surface area contributed by atoms with E-state index in [9.17, 15) is 4.79 Å². The van der Waals surface area contributed by atoms with Gasteiger partial charge in [-0.15, -0.1) is 0 Å². The number of piperidine rings is 1. The van der Waals surface area contributed by atoms with E-state index in [0.29, 0.717) is 0 Å². The molecular weight excluding hydrogens is 154 g/mol. The second-order valence-corrected chi connectivity index (χ2v) is 3.48. The Bertz CT molecular complexity index is 162. The normalized spacial score (nSPS) is 21.6. The third-order valence-corrected chi connectivity index (χ3v) is 2.44. The molecule has 0 aromatic heterocycles. The summed E-state index contributed by atoms with van der Waals surface area (Å²) < 4.78 is 0. The van der Waals surface area contributed by atoms with E-state index in [1.807, 2.05) is 14.1 Å². The number of amides is 1. The minimum Gasteiger partial charge on any atom is -0.369 e. The maximum atomic E-state index is 10.8. The first-order valence-electron chi connectivity index (χ1n) is 4.32. The van der Waals surface area contributed by atoms with Crippen molar-refractivity contribution in [3.63, 3.8) is 0 Å². The van der Waals surface area contributed by atoms with E-state index in [-0.39, 0.29) is 11.8 Å². The molecular formula is C8H17N3O. The highest BCUT2D eigenvalue weighted by Crippen LogP contribution is 2.16. The van der Waals surface area contributed by atoms with E-state index in [1.165, 1.54) is 0 Å². The Hall–Kier alpha value is -0.610. The highest BCUT2D eigenvalue weighted by atomic mass is 16.1. The van der Waals surface area contributed by atoms with Gasteiger partial charge < -0.3 is 5.73 Å². The minimum absolute atomic E-state index is 0.0983. The molecule has 0 atom stereocenters. The monoisotopic (exact) mass is 171 g/mol. The van der Waals surface area contributed by atoms with Gasteiger partial charge in [-0.2, -0.15) is 0 Å². The van der Waals surface area contributed by atoms with Crippen LogP contribution in [-0.4, -0.2) is 43.1 Å². The van der Waals surface area contributed by atoms with Gasteiger partial charge in [0.15, 0.2) is 0 Å². The fraction of sp³-hybridized carbons (Fsp3) is 0.875. The van der Waals surface area contributed by atoms with Gasteiger partial charge in [-0.25, -0.2) is 10.0 Å². The first kappa shape index (κ1) is 9.48. The standard InChI is InChI=1S/C8H17N3O/c1-10(2)11-5-3-7(4-6-11)8(9)12/h7H,3-6H2,1-2H3,(H2,9,12). The van der Waals surface area contributed by atoms with Crippen LogP contribution >= 0.6 is 0 Å². The van der Waals surface area contributed by atoms with E-state index in [0.717, 1.165) is 25.9 Å². The molecule has 0 bridgehead atoms. The summed E-state index contributed by atoms with van der Waals surface area (Å²) in [5.41, 5.74) is 5.22. The predicted molar refractivity (Wildman–Crippen MR) is 47.2 cm³/mol. The summed E-state index contributed by atoms with van der Waals surface area (Å²) in [6.07, 6.45) is 1.79. The second kappa shape index (κ2) is 3.87. The van der Waals surface area contributed by atoms with Gasteiger partial charge in [-0.3, -0.25) is 4.79 Å². The van der Waals surface area contributed by atoms with Crippen LogP contribution in [0, 0.1) is 5.92 Å². The number of carbonyl (C=O) groups is 1. The largest absolute Gasteiger partial charge is 0.369 e. The molecule has 1 rings (SSSR count). The topological polar surface area (TPSA) is 49.6 Å². The van der Waals surface area contributed by atoms with Gasteiger partial charge in [0, 0.05) is 33.1 Å². The zero-order valence-corrected chi connectivity index (χ0v) is 7.79. The number of carbonyl (C=O) groups excluding carboxylic acids is 1. The Morgan fingerprint density at radius 2 is 1.92 bits per heavy atom. The Kier molecular flexibility index (Phi) is 3.05. The molecule has 4 nitrogen and oxygen atoms in total. The fourth-order valence-corrected chi connectivity index (χ4v) is 1.55. The third-order valence-electron chi connectivity index (χ3n) is 2.44. The van der Waals surface area contributed by atoms with Crippen LogP contribution in [0.25, 0.3) is 0 Å². The first-order valence-corrected chi connectivity index (χ1v) is 4.32. The van der Waals surface area contributed by atoms with Gasteiger partial charge in [-0.1, -0.05) is 0 Å². The number of hydrazine groups is 1. The zero-order valence-electron chi connectivity index (χ0n) is 7.79. The van der Waals surface area contributed by atoms with Crippen LogP contribution in [0.1, 0.15) is 12.8 Å². The molecule has 0 aliphatic carbocycles. The highest BCUT2D eigenvalue weighted by molar-refractivity contribution is 5.76. The lowest BCUT2D eigenvalue weighted by atomic mass is 9.97. The summed E-state index contributed by atoms with van der Waals surface area (Å²) in [6, 6.07) is 0. The summed E-state index contributed by atoms with van der Waals surface area (Å²) >= 11 is 0. The number of primary amides is 1. The van der Waals surface area contributed by atoms with E-state index in [1.54, 1.807) is 0 Å². The molecule has 0 aromatic carbocycles. The summed E-state index contributed by atoms with van der Waals surface area (Å²) in [5.74, 6) is -0.0467. The van der Waals surface area contributed by atoms with Crippen molar-refractivity contribution >= 4 is 5.91 Å². The quantitative estimate of drug-likeness (QED) is 0.618. The molecule has 0 radical (unpaired) electrons. The molecule has 2 N–H and O–H groups in total. The van der Waals surface area contributed by atoms with E-state index in [4.69, 9.17) is 5.73 Å². The summed E-state index contributed by atoms with van der Waals surface area (Å²) in [5, 5.41) is 4.29. The number of nitrogens with two attached hydrogens (primary N) is 1. The number of hydrogen-bond donors (Lipinski definition) is 1. The smallest absolute Gasteiger partial charge is 0.220 e. The van der Waals surface area contributed by atoms with E-state index >= 15 is 0 Å². The molecule has 0 unspecified atom stereocenters. The van der Waals surface area contributed by atoms with Crippen LogP contribution in [0.3, 0.4) is 0 Å². The first-order chi connectivity index (χ1) is 5.61. The molecule has 1 aliphatic heterocycles. The van der Waals surface area contributed by atoms with E-state index < -0.39 is 0 Å². The van der Waals surface area contributed by atoms with Crippen LogP contribution in [0.4, 0.5) is 0 Å². The van der Waals surface area contributed by atoms with E-state index in [2.05, 4.69) is 10.0 Å². The molecule has 1 heterocycles. The van der Waals surface area contributed by atoms with Crippen LogP contribution in [0.2, 0.25) is 0 Å². The molecule has 12 heavy (non-hydrogen) atoms. The van der Waals surface area contributed by atoms with Crippen molar-refractivity contribution in [1.29, 1.82) is 0 Å². The summed E-state index contributed by atoms with van der Waals surface area (Å²) in [4.78, 5) is 10.8. The minimum atomic E-state index is -0.145. The molecule has 70 valence electrons. The number of nitrogens with zero attached hydrogens (tertiary/aromatic N) is 2. The zero-order chi connectivity index (χ0) is 9.14. The van der Waals surface area contributed by atoms with Crippen LogP contribution in [-0.2, 0) is 4.79 Å². The average Bonchev–Trinajstić information content (AvgIpc) is 2.04. The highest BCUT2D eigenvalue weighted by Gasteiger charge is 2.23. The average molecular weight is 171 g/mol. The second-order valence-electron chi connectivity index (χ2n) is 3.48. The predicted octanol–water partition coefficient (Wildman–Crippen LogP) is -0.340.